The van der Waals surface area contributed by atoms with Crippen molar-refractivity contribution < 1.29 is 27.5 Å². The predicted molar refractivity (Wildman–Crippen MR) is 122 cm³/mol. The number of carbonyl (C=O) groups is 2. The molecule has 34 heavy (non-hydrogen) atoms. The van der Waals surface area contributed by atoms with Gasteiger partial charge in [0.25, 0.3) is 11.8 Å². The molecule has 1 saturated heterocycles. The highest BCUT2D eigenvalue weighted by Gasteiger charge is 2.59. The first-order valence-corrected chi connectivity index (χ1v) is 11.5. The first kappa shape index (κ1) is 22.3. The smallest absolute Gasteiger partial charge is 0.268 e. The van der Waals surface area contributed by atoms with Crippen LogP contribution in [0, 0.1) is 17.5 Å². The van der Waals surface area contributed by atoms with Crippen LogP contribution in [-0.2, 0) is 16.2 Å². The lowest BCUT2D eigenvalue weighted by atomic mass is 10.0. The fraction of sp³-hybridized carbons (Fsp3) is 0.200. The Morgan fingerprint density at radius 3 is 2.56 bits per heavy atom. The van der Waals surface area contributed by atoms with Gasteiger partial charge in [-0.2, -0.15) is 0 Å². The highest BCUT2D eigenvalue weighted by atomic mass is 32.2. The average Bonchev–Trinajstić information content (AvgIpc) is 3.38. The number of amides is 2. The van der Waals surface area contributed by atoms with Crippen molar-refractivity contribution in [3.8, 4) is 5.75 Å². The van der Waals surface area contributed by atoms with Gasteiger partial charge in [-0.05, 0) is 48.0 Å². The predicted octanol–water partition coefficient (Wildman–Crippen LogP) is 4.70. The highest BCUT2D eigenvalue weighted by Crippen LogP contribution is 2.55. The molecule has 0 aliphatic carbocycles. The lowest BCUT2D eigenvalue weighted by molar-refractivity contribution is -0.123. The molecule has 0 bridgehead atoms. The van der Waals surface area contributed by atoms with Gasteiger partial charge in [-0.15, -0.1) is 11.8 Å². The molecule has 0 aromatic heterocycles. The molecule has 174 valence electrons. The molecular weight excluding hydrogens is 465 g/mol. The number of anilines is 1. The van der Waals surface area contributed by atoms with Crippen LogP contribution < -0.4 is 9.64 Å². The molecule has 3 aromatic carbocycles. The zero-order chi connectivity index (χ0) is 24.0. The van der Waals surface area contributed by atoms with Gasteiger partial charge in [0.15, 0.2) is 16.5 Å². The number of halogens is 3. The number of benzene rings is 3. The van der Waals surface area contributed by atoms with Crippen molar-refractivity contribution >= 4 is 29.3 Å². The maximum atomic E-state index is 14.5. The summed E-state index contributed by atoms with van der Waals surface area (Å²) in [6.07, 6.45) is 0. The minimum atomic E-state index is -1.43. The minimum Gasteiger partial charge on any atom is -0.497 e. The van der Waals surface area contributed by atoms with Gasteiger partial charge < -0.3 is 14.5 Å². The van der Waals surface area contributed by atoms with E-state index in [9.17, 15) is 22.8 Å². The normalized spacial score (nSPS) is 19.1. The molecule has 9 heteroatoms. The second-order valence-corrected chi connectivity index (χ2v) is 9.24. The molecule has 5 nitrogen and oxygen atoms in total. The molecule has 2 aliphatic heterocycles. The Kier molecular flexibility index (Phi) is 5.51. The number of hydrogen-bond acceptors (Lipinski definition) is 4. The Balaban J connectivity index is 1.62. The van der Waals surface area contributed by atoms with Gasteiger partial charge in [0.2, 0.25) is 0 Å². The van der Waals surface area contributed by atoms with Crippen molar-refractivity contribution in [3.63, 3.8) is 0 Å². The van der Waals surface area contributed by atoms with E-state index in [-0.39, 0.29) is 18.7 Å². The zero-order valence-corrected chi connectivity index (χ0v) is 18.9. The van der Waals surface area contributed by atoms with Crippen LogP contribution in [-0.4, -0.2) is 36.1 Å². The second-order valence-electron chi connectivity index (χ2n) is 7.95. The number of carbonyl (C=O) groups excluding carboxylic acids is 2. The maximum Gasteiger partial charge on any atom is 0.268 e. The molecule has 0 radical (unpaired) electrons. The molecule has 1 spiro atoms. The average molecular weight is 484 g/mol. The van der Waals surface area contributed by atoms with Gasteiger partial charge in [-0.25, -0.2) is 13.2 Å². The lowest BCUT2D eigenvalue weighted by Crippen LogP contribution is -2.50. The monoisotopic (exact) mass is 484 g/mol. The summed E-state index contributed by atoms with van der Waals surface area (Å²) in [6.45, 7) is 0.207. The van der Waals surface area contributed by atoms with E-state index in [1.54, 1.807) is 24.3 Å². The van der Waals surface area contributed by atoms with Crippen LogP contribution in [0.5, 0.6) is 5.75 Å². The number of rotatable bonds is 4. The Morgan fingerprint density at radius 2 is 1.82 bits per heavy atom. The quantitative estimate of drug-likeness (QED) is 0.539. The van der Waals surface area contributed by atoms with Gasteiger partial charge in [-0.3, -0.25) is 9.59 Å². The van der Waals surface area contributed by atoms with E-state index in [0.717, 1.165) is 12.1 Å². The van der Waals surface area contributed by atoms with Crippen molar-refractivity contribution in [1.29, 1.82) is 0 Å². The number of thioether (sulfide) groups is 1. The molecule has 1 unspecified atom stereocenters. The summed E-state index contributed by atoms with van der Waals surface area (Å²) >= 11 is 1.28. The highest BCUT2D eigenvalue weighted by molar-refractivity contribution is 8.01. The lowest BCUT2D eigenvalue weighted by Gasteiger charge is -2.33. The Morgan fingerprint density at radius 1 is 1.03 bits per heavy atom. The van der Waals surface area contributed by atoms with E-state index in [1.807, 2.05) is 0 Å². The first-order valence-electron chi connectivity index (χ1n) is 10.5. The summed E-state index contributed by atoms with van der Waals surface area (Å²) < 4.78 is 47.1. The molecule has 1 atom stereocenters. The topological polar surface area (TPSA) is 49.9 Å². The molecule has 5 rings (SSSR count). The molecule has 2 amide bonds. The molecule has 2 heterocycles. The summed E-state index contributed by atoms with van der Waals surface area (Å²) in [4.78, 5) is 28.9. The van der Waals surface area contributed by atoms with Gasteiger partial charge >= 0.3 is 0 Å². The molecular formula is C25H19F3N2O3S. The number of nitrogens with zero attached hydrogens (tertiary/aromatic N) is 2. The van der Waals surface area contributed by atoms with Crippen molar-refractivity contribution in [2.75, 3.05) is 24.3 Å². The summed E-state index contributed by atoms with van der Waals surface area (Å²) in [6, 6.07) is 14.2. The van der Waals surface area contributed by atoms with Crippen LogP contribution in [0.4, 0.5) is 18.9 Å². The maximum absolute atomic E-state index is 14.5. The largest absolute Gasteiger partial charge is 0.497 e. The summed E-state index contributed by atoms with van der Waals surface area (Å²) in [7, 11) is 1.49. The van der Waals surface area contributed by atoms with Crippen LogP contribution in [0.1, 0.15) is 21.5 Å². The number of methoxy groups -OCH3 is 1. The van der Waals surface area contributed by atoms with Crippen molar-refractivity contribution in [3.05, 3.63) is 94.8 Å². The number of fused-ring (bicyclic) bond motifs is 2. The minimum absolute atomic E-state index is 0.0284. The van der Waals surface area contributed by atoms with Crippen LogP contribution in [0.15, 0.2) is 60.7 Å². The van der Waals surface area contributed by atoms with Gasteiger partial charge in [0.1, 0.15) is 11.6 Å². The Bertz CT molecular complexity index is 1320. The van der Waals surface area contributed by atoms with Gasteiger partial charge in [0.05, 0.1) is 24.9 Å². The summed E-state index contributed by atoms with van der Waals surface area (Å²) in [5.41, 5.74) is 1.32. The third-order valence-electron chi connectivity index (χ3n) is 6.07. The number of hydrogen-bond donors (Lipinski definition) is 0. The van der Waals surface area contributed by atoms with E-state index >= 15 is 0 Å². The first-order chi connectivity index (χ1) is 16.4. The van der Waals surface area contributed by atoms with E-state index in [0.29, 0.717) is 28.3 Å². The Hall–Kier alpha value is -3.46. The van der Waals surface area contributed by atoms with Crippen LogP contribution in [0.2, 0.25) is 0 Å². The van der Waals surface area contributed by atoms with E-state index in [1.165, 1.54) is 52.9 Å². The zero-order valence-electron chi connectivity index (χ0n) is 18.1. The molecule has 0 saturated carbocycles. The van der Waals surface area contributed by atoms with E-state index in [4.69, 9.17) is 4.74 Å². The standard InChI is InChI=1S/C25H19F3N2O3S/c1-33-16-7-9-22-18(13-16)25(24(32)29(22)14-15-6-8-20(27)21(28)12-15)30(10-11-34-25)23(31)17-4-2-3-5-19(17)26/h2-9,12-13H,10-11,14H2,1H3. The molecule has 1 fully saturated rings. The van der Waals surface area contributed by atoms with Crippen LogP contribution in [0.3, 0.4) is 0 Å². The fourth-order valence-corrected chi connectivity index (χ4v) is 5.93. The van der Waals surface area contributed by atoms with Gasteiger partial charge in [0, 0.05) is 17.9 Å². The molecule has 0 N–H and O–H groups in total. The van der Waals surface area contributed by atoms with Crippen molar-refractivity contribution in [1.82, 2.24) is 4.90 Å². The van der Waals surface area contributed by atoms with Crippen LogP contribution in [0.25, 0.3) is 0 Å². The third kappa shape index (κ3) is 3.34. The fourth-order valence-electron chi connectivity index (χ4n) is 4.48. The van der Waals surface area contributed by atoms with E-state index < -0.39 is 34.1 Å². The van der Waals surface area contributed by atoms with E-state index in [2.05, 4.69) is 0 Å². The molecule has 3 aromatic rings. The third-order valence-corrected chi connectivity index (χ3v) is 7.49. The van der Waals surface area contributed by atoms with Gasteiger partial charge in [-0.1, -0.05) is 18.2 Å². The van der Waals surface area contributed by atoms with Crippen molar-refractivity contribution in [2.24, 2.45) is 0 Å². The number of ether oxygens (including phenoxy) is 1. The Labute approximate surface area is 198 Å². The second kappa shape index (κ2) is 8.39. The molecule has 2 aliphatic rings. The van der Waals surface area contributed by atoms with Crippen molar-refractivity contribution in [2.45, 2.75) is 11.4 Å². The SMILES string of the molecule is COc1ccc2c(c1)C1(SCCN1C(=O)c1ccccc1F)C(=O)N2Cc1ccc(F)c(F)c1. The summed E-state index contributed by atoms with van der Waals surface area (Å²) in [5.74, 6) is -2.72. The summed E-state index contributed by atoms with van der Waals surface area (Å²) in [5, 5.41) is 0. The van der Waals surface area contributed by atoms with Crippen LogP contribution >= 0.6 is 11.8 Å².